The topological polar surface area (TPSA) is 141 Å². The van der Waals surface area contributed by atoms with E-state index in [9.17, 15) is 20.2 Å². The Morgan fingerprint density at radius 2 is 1.59 bits per heavy atom. The first-order valence-electron chi connectivity index (χ1n) is 4.18. The summed E-state index contributed by atoms with van der Waals surface area (Å²) >= 11 is 0. The molecule has 0 unspecified atom stereocenters. The van der Waals surface area contributed by atoms with E-state index in [1.54, 1.807) is 0 Å². The predicted molar refractivity (Wildman–Crippen MR) is 53.9 cm³/mol. The third kappa shape index (κ3) is 3.62. The van der Waals surface area contributed by atoms with Gasteiger partial charge in [0.15, 0.2) is 0 Å². The molecular weight excluding hydrogens is 232 g/mol. The van der Waals surface area contributed by atoms with Crippen LogP contribution in [0.3, 0.4) is 0 Å². The molecule has 0 fully saturated rings. The molecule has 2 rings (SSSR count). The number of aromatic amines is 1. The third-order valence-electron chi connectivity index (χ3n) is 1.54. The summed E-state index contributed by atoms with van der Waals surface area (Å²) in [6, 6.07) is 4.95. The zero-order valence-corrected chi connectivity index (χ0v) is 8.26. The van der Waals surface area contributed by atoms with E-state index < -0.39 is 21.2 Å². The average Bonchev–Trinajstić information content (AvgIpc) is 2.87. The number of nitro groups is 2. The maximum Gasteiger partial charge on any atom is 0.346 e. The number of tetrazole rings is 1. The van der Waals surface area contributed by atoms with E-state index in [1.165, 1.54) is 18.5 Å². The number of benzene rings is 1. The van der Waals surface area contributed by atoms with Crippen molar-refractivity contribution < 1.29 is 9.85 Å². The van der Waals surface area contributed by atoms with Crippen LogP contribution in [0.15, 0.2) is 30.6 Å². The van der Waals surface area contributed by atoms with Gasteiger partial charge in [0.05, 0.1) is 9.85 Å². The highest BCUT2D eigenvalue weighted by Gasteiger charge is 2.21. The van der Waals surface area contributed by atoms with E-state index in [0.717, 1.165) is 12.1 Å². The average molecular weight is 238 g/mol. The van der Waals surface area contributed by atoms with Gasteiger partial charge in [0.2, 0.25) is 0 Å². The Bertz CT molecular complexity index is 449. The Morgan fingerprint density at radius 3 is 1.82 bits per heavy atom. The van der Waals surface area contributed by atoms with Gasteiger partial charge in [-0.1, -0.05) is 12.1 Å². The molecule has 1 aromatic carbocycles. The van der Waals surface area contributed by atoms with Crippen molar-refractivity contribution in [3.8, 4) is 0 Å². The minimum Gasteiger partial charge on any atom is -0.258 e. The van der Waals surface area contributed by atoms with E-state index in [1.807, 2.05) is 0 Å². The summed E-state index contributed by atoms with van der Waals surface area (Å²) in [5.74, 6) is 0. The molecule has 2 aromatic rings. The first-order valence-corrected chi connectivity index (χ1v) is 4.18. The van der Waals surface area contributed by atoms with E-state index in [4.69, 9.17) is 0 Å². The summed E-state index contributed by atoms with van der Waals surface area (Å²) in [7, 11) is 0. The van der Waals surface area contributed by atoms with Crippen molar-refractivity contribution in [2.45, 2.75) is 0 Å². The van der Waals surface area contributed by atoms with Crippen molar-refractivity contribution >= 4 is 11.4 Å². The van der Waals surface area contributed by atoms with Crippen LogP contribution in [0.1, 0.15) is 0 Å². The molecule has 0 amide bonds. The monoisotopic (exact) mass is 238 g/mol. The minimum absolute atomic E-state index is 0.484. The number of nitrogens with one attached hydrogen (secondary N) is 1. The normalized spacial score (nSPS) is 8.94. The van der Waals surface area contributed by atoms with Gasteiger partial charge in [0, 0.05) is 12.1 Å². The van der Waals surface area contributed by atoms with Crippen LogP contribution in [0.25, 0.3) is 0 Å². The van der Waals surface area contributed by atoms with Gasteiger partial charge in [-0.15, -0.1) is 5.10 Å². The molecule has 10 nitrogen and oxygen atoms in total. The zero-order chi connectivity index (χ0) is 12.7. The number of para-hydroxylation sites is 2. The molecule has 0 radical (unpaired) electrons. The van der Waals surface area contributed by atoms with Gasteiger partial charge in [0.25, 0.3) is 0 Å². The molecule has 17 heavy (non-hydrogen) atoms. The van der Waals surface area contributed by atoms with Crippen molar-refractivity contribution in [2.24, 2.45) is 0 Å². The maximum absolute atomic E-state index is 10.2. The number of rotatable bonds is 2. The van der Waals surface area contributed by atoms with Gasteiger partial charge in [-0.05, 0) is 10.4 Å². The molecule has 0 spiro atoms. The highest BCUT2D eigenvalue weighted by molar-refractivity contribution is 5.51. The lowest BCUT2D eigenvalue weighted by Gasteiger charge is -1.91. The van der Waals surface area contributed by atoms with E-state index in [2.05, 4.69) is 20.6 Å². The molecule has 0 aliphatic heterocycles. The largest absolute Gasteiger partial charge is 0.346 e. The van der Waals surface area contributed by atoms with E-state index >= 15 is 0 Å². The van der Waals surface area contributed by atoms with Crippen LogP contribution in [0, 0.1) is 20.2 Å². The molecule has 0 saturated heterocycles. The van der Waals surface area contributed by atoms with Gasteiger partial charge < -0.3 is 0 Å². The van der Waals surface area contributed by atoms with Crippen LogP contribution in [0.4, 0.5) is 11.4 Å². The molecule has 0 saturated carbocycles. The second kappa shape index (κ2) is 5.85. The number of hydrogen-bond acceptors (Lipinski definition) is 7. The van der Waals surface area contributed by atoms with Gasteiger partial charge >= 0.3 is 11.4 Å². The van der Waals surface area contributed by atoms with Crippen molar-refractivity contribution in [3.63, 3.8) is 0 Å². The SMILES string of the molecule is O=[N+]([O-])c1ccccc1[N+](=O)[O-].c1nnn[nH]1. The Kier molecular flexibility index (Phi) is 4.18. The lowest BCUT2D eigenvalue weighted by atomic mass is 10.3. The quantitative estimate of drug-likeness (QED) is 0.599. The second-order valence-corrected chi connectivity index (χ2v) is 2.57. The second-order valence-electron chi connectivity index (χ2n) is 2.57. The molecule has 88 valence electrons. The first-order chi connectivity index (χ1) is 8.13. The van der Waals surface area contributed by atoms with Crippen molar-refractivity contribution in [2.75, 3.05) is 0 Å². The van der Waals surface area contributed by atoms with Crippen molar-refractivity contribution in [1.29, 1.82) is 0 Å². The summed E-state index contributed by atoms with van der Waals surface area (Å²) < 4.78 is 0. The van der Waals surface area contributed by atoms with Gasteiger partial charge in [-0.3, -0.25) is 20.2 Å². The Hall–Kier alpha value is -2.91. The summed E-state index contributed by atoms with van der Waals surface area (Å²) in [6.45, 7) is 0. The Balaban J connectivity index is 0.000000239. The molecule has 0 aliphatic carbocycles. The number of aromatic nitrogens is 4. The summed E-state index contributed by atoms with van der Waals surface area (Å²) in [4.78, 5) is 18.9. The molecular formula is C7H6N6O4. The third-order valence-corrected chi connectivity index (χ3v) is 1.54. The van der Waals surface area contributed by atoms with Crippen LogP contribution in [0.5, 0.6) is 0 Å². The molecule has 1 N–H and O–H groups in total. The van der Waals surface area contributed by atoms with Crippen molar-refractivity contribution in [1.82, 2.24) is 20.6 Å². The van der Waals surface area contributed by atoms with Crippen LogP contribution in [0.2, 0.25) is 0 Å². The molecule has 0 bridgehead atoms. The fourth-order valence-electron chi connectivity index (χ4n) is 0.902. The highest BCUT2D eigenvalue weighted by atomic mass is 16.6. The lowest BCUT2D eigenvalue weighted by molar-refractivity contribution is -0.422. The molecule has 10 heteroatoms. The van der Waals surface area contributed by atoms with Crippen LogP contribution in [-0.2, 0) is 0 Å². The lowest BCUT2D eigenvalue weighted by Crippen LogP contribution is -1.95. The Labute approximate surface area is 93.6 Å². The van der Waals surface area contributed by atoms with E-state index in [-0.39, 0.29) is 0 Å². The number of hydrogen-bond donors (Lipinski definition) is 1. The van der Waals surface area contributed by atoms with Gasteiger partial charge in [-0.25, -0.2) is 5.10 Å². The number of H-pyrrole nitrogens is 1. The van der Waals surface area contributed by atoms with Crippen molar-refractivity contribution in [3.05, 3.63) is 50.8 Å². The molecule has 1 heterocycles. The predicted octanol–water partition coefficient (Wildman–Crippen LogP) is 0.703. The standard InChI is InChI=1S/C6H4N2O4.CH2N4/c9-7(10)5-3-1-2-4-6(5)8(11)12;1-2-4-5-3-1/h1-4H;1H,(H,2,3,4,5). The Morgan fingerprint density at radius 1 is 1.06 bits per heavy atom. The summed E-state index contributed by atoms with van der Waals surface area (Å²) in [5.41, 5.74) is -0.968. The van der Waals surface area contributed by atoms with Crippen LogP contribution < -0.4 is 0 Å². The maximum atomic E-state index is 10.2. The molecule has 0 atom stereocenters. The van der Waals surface area contributed by atoms with Crippen LogP contribution in [-0.4, -0.2) is 30.5 Å². The number of nitro benzene ring substituents is 2. The van der Waals surface area contributed by atoms with Gasteiger partial charge in [0.1, 0.15) is 6.33 Å². The molecule has 0 aliphatic rings. The highest BCUT2D eigenvalue weighted by Crippen LogP contribution is 2.24. The number of nitrogens with zero attached hydrogens (tertiary/aromatic N) is 5. The van der Waals surface area contributed by atoms with Gasteiger partial charge in [-0.2, -0.15) is 0 Å². The summed E-state index contributed by atoms with van der Waals surface area (Å²) in [5, 5.41) is 32.6. The fraction of sp³-hybridized carbons (Fsp3) is 0. The first kappa shape index (κ1) is 12.2. The zero-order valence-electron chi connectivity index (χ0n) is 8.26. The van der Waals surface area contributed by atoms with E-state index in [0.29, 0.717) is 0 Å². The minimum atomic E-state index is -0.780. The summed E-state index contributed by atoms with van der Waals surface area (Å²) in [6.07, 6.45) is 1.40. The fourth-order valence-corrected chi connectivity index (χ4v) is 0.902. The van der Waals surface area contributed by atoms with Crippen LogP contribution >= 0.6 is 0 Å². The smallest absolute Gasteiger partial charge is 0.258 e. The molecule has 1 aromatic heterocycles.